The monoisotopic (exact) mass is 247 g/mol. The van der Waals surface area contributed by atoms with Gasteiger partial charge in [0, 0.05) is 29.0 Å². The van der Waals surface area contributed by atoms with Gasteiger partial charge < -0.3 is 14.7 Å². The lowest BCUT2D eigenvalue weighted by Gasteiger charge is -2.44. The maximum atomic E-state index is 11.1. The molecule has 1 aliphatic rings. The Labute approximate surface area is 85.0 Å². The SMILES string of the molecule is COCC1(O)CN(C(=O)C#CBr)C1. The van der Waals surface area contributed by atoms with E-state index in [0.717, 1.165) is 0 Å². The van der Waals surface area contributed by atoms with E-state index >= 15 is 0 Å². The molecule has 5 heteroatoms. The Bertz CT molecular complexity index is 262. The number of halogens is 1. The van der Waals surface area contributed by atoms with Crippen LogP contribution in [-0.4, -0.2) is 48.3 Å². The Balaban J connectivity index is 2.39. The summed E-state index contributed by atoms with van der Waals surface area (Å²) in [6.45, 7) is 0.835. The molecule has 0 aromatic rings. The van der Waals surface area contributed by atoms with Gasteiger partial charge in [-0.2, -0.15) is 0 Å². The number of nitrogens with zero attached hydrogens (tertiary/aromatic N) is 1. The van der Waals surface area contributed by atoms with Crippen LogP contribution in [0.25, 0.3) is 0 Å². The van der Waals surface area contributed by atoms with Gasteiger partial charge in [0.15, 0.2) is 0 Å². The van der Waals surface area contributed by atoms with Crippen LogP contribution in [0.5, 0.6) is 0 Å². The number of carbonyl (C=O) groups excluding carboxylic acids is 1. The van der Waals surface area contributed by atoms with Gasteiger partial charge in [-0.1, -0.05) is 0 Å². The molecular formula is C8H10BrNO3. The third kappa shape index (κ3) is 2.44. The molecule has 0 bridgehead atoms. The minimum absolute atomic E-state index is 0.249. The van der Waals surface area contributed by atoms with Crippen LogP contribution >= 0.6 is 15.9 Å². The molecule has 1 amide bonds. The molecule has 1 N–H and O–H groups in total. The molecule has 0 spiro atoms. The Morgan fingerprint density at radius 1 is 1.77 bits per heavy atom. The average Bonchev–Trinajstić information content (AvgIpc) is 2.01. The first-order valence-corrected chi connectivity index (χ1v) is 4.52. The van der Waals surface area contributed by atoms with Crippen LogP contribution in [0.2, 0.25) is 0 Å². The van der Waals surface area contributed by atoms with Gasteiger partial charge in [0.05, 0.1) is 19.7 Å². The van der Waals surface area contributed by atoms with E-state index in [0.29, 0.717) is 13.1 Å². The number of aliphatic hydroxyl groups is 1. The van der Waals surface area contributed by atoms with Gasteiger partial charge >= 0.3 is 0 Å². The molecule has 13 heavy (non-hydrogen) atoms. The van der Waals surface area contributed by atoms with Crippen molar-refractivity contribution in [2.45, 2.75) is 5.60 Å². The van der Waals surface area contributed by atoms with Crippen molar-refractivity contribution >= 4 is 21.8 Å². The highest BCUT2D eigenvalue weighted by atomic mass is 79.9. The molecule has 0 aliphatic carbocycles. The van der Waals surface area contributed by atoms with E-state index in [1.54, 1.807) is 0 Å². The van der Waals surface area contributed by atoms with Gasteiger partial charge in [0.1, 0.15) is 5.60 Å². The number of amides is 1. The molecule has 4 nitrogen and oxygen atoms in total. The van der Waals surface area contributed by atoms with Crippen molar-refractivity contribution in [3.63, 3.8) is 0 Å². The summed E-state index contributed by atoms with van der Waals surface area (Å²) >= 11 is 2.84. The number of methoxy groups -OCH3 is 1. The molecule has 0 unspecified atom stereocenters. The number of hydrogen-bond donors (Lipinski definition) is 1. The largest absolute Gasteiger partial charge is 0.384 e. The standard InChI is InChI=1S/C8H10BrNO3/c1-13-6-8(12)4-10(5-8)7(11)2-3-9/h12H,4-6H2,1H3. The summed E-state index contributed by atoms with van der Waals surface area (Å²) in [5.41, 5.74) is -0.877. The minimum Gasteiger partial charge on any atom is -0.384 e. The first-order valence-electron chi connectivity index (χ1n) is 3.73. The average molecular weight is 248 g/mol. The molecule has 0 saturated carbocycles. The van der Waals surface area contributed by atoms with E-state index < -0.39 is 5.60 Å². The van der Waals surface area contributed by atoms with Crippen molar-refractivity contribution in [2.75, 3.05) is 26.8 Å². The molecule has 1 heterocycles. The number of ether oxygens (including phenoxy) is 1. The lowest BCUT2D eigenvalue weighted by atomic mass is 9.95. The predicted molar refractivity (Wildman–Crippen MR) is 50.1 cm³/mol. The molecule has 1 fully saturated rings. The van der Waals surface area contributed by atoms with Crippen LogP contribution in [0.4, 0.5) is 0 Å². The summed E-state index contributed by atoms with van der Waals surface area (Å²) in [6.07, 6.45) is 0. The van der Waals surface area contributed by atoms with Crippen molar-refractivity contribution < 1.29 is 14.6 Å². The summed E-state index contributed by atoms with van der Waals surface area (Å²) in [5, 5.41) is 9.62. The fraction of sp³-hybridized carbons (Fsp3) is 0.625. The van der Waals surface area contributed by atoms with Crippen molar-refractivity contribution in [3.8, 4) is 10.8 Å². The van der Waals surface area contributed by atoms with Gasteiger partial charge in [-0.05, 0) is 4.83 Å². The molecule has 0 atom stereocenters. The first-order chi connectivity index (χ1) is 6.11. The first kappa shape index (κ1) is 10.5. The molecule has 0 aromatic heterocycles. The molecular weight excluding hydrogens is 238 g/mol. The number of carbonyl (C=O) groups is 1. The van der Waals surface area contributed by atoms with Gasteiger partial charge in [-0.15, -0.1) is 0 Å². The predicted octanol–water partition coefficient (Wildman–Crippen LogP) is -0.438. The second-order valence-corrected chi connectivity index (χ2v) is 3.43. The van der Waals surface area contributed by atoms with Gasteiger partial charge in [0.25, 0.3) is 5.91 Å². The third-order valence-corrected chi connectivity index (χ3v) is 2.02. The summed E-state index contributed by atoms with van der Waals surface area (Å²) < 4.78 is 4.80. The van der Waals surface area contributed by atoms with Crippen LogP contribution in [-0.2, 0) is 9.53 Å². The summed E-state index contributed by atoms with van der Waals surface area (Å²) in [5.74, 6) is 2.05. The second-order valence-electron chi connectivity index (χ2n) is 3.04. The fourth-order valence-corrected chi connectivity index (χ4v) is 1.46. The highest BCUT2D eigenvalue weighted by molar-refractivity contribution is 9.12. The smallest absolute Gasteiger partial charge is 0.299 e. The Morgan fingerprint density at radius 3 is 2.85 bits per heavy atom. The van der Waals surface area contributed by atoms with Crippen LogP contribution in [0.3, 0.4) is 0 Å². The zero-order valence-corrected chi connectivity index (χ0v) is 8.80. The van der Waals surface area contributed by atoms with Gasteiger partial charge in [0.2, 0.25) is 0 Å². The molecule has 72 valence electrons. The third-order valence-electron chi connectivity index (χ3n) is 1.82. The molecule has 1 aliphatic heterocycles. The highest BCUT2D eigenvalue weighted by Gasteiger charge is 2.43. The lowest BCUT2D eigenvalue weighted by molar-refractivity contribution is -0.159. The quantitative estimate of drug-likeness (QED) is 0.674. The maximum absolute atomic E-state index is 11.1. The lowest BCUT2D eigenvalue weighted by Crippen LogP contribution is -2.65. The van der Waals surface area contributed by atoms with Crippen LogP contribution in [0, 0.1) is 10.8 Å². The van der Waals surface area contributed by atoms with Crippen molar-refractivity contribution in [2.24, 2.45) is 0 Å². The molecule has 1 saturated heterocycles. The van der Waals surface area contributed by atoms with E-state index in [1.165, 1.54) is 12.0 Å². The number of rotatable bonds is 2. The van der Waals surface area contributed by atoms with Gasteiger partial charge in [-0.25, -0.2) is 0 Å². The minimum atomic E-state index is -0.877. The van der Waals surface area contributed by atoms with E-state index in [4.69, 9.17) is 4.74 Å². The van der Waals surface area contributed by atoms with E-state index in [1.807, 2.05) is 0 Å². The number of hydrogen-bond acceptors (Lipinski definition) is 3. The van der Waals surface area contributed by atoms with E-state index in [2.05, 4.69) is 26.7 Å². The Hall–Kier alpha value is -0.570. The summed E-state index contributed by atoms with van der Waals surface area (Å²) in [6, 6.07) is 0. The van der Waals surface area contributed by atoms with Crippen molar-refractivity contribution in [1.82, 2.24) is 4.90 Å². The van der Waals surface area contributed by atoms with Crippen LogP contribution < -0.4 is 0 Å². The highest BCUT2D eigenvalue weighted by Crippen LogP contribution is 2.20. The normalized spacial score (nSPS) is 18.5. The zero-order chi connectivity index (χ0) is 9.90. The van der Waals surface area contributed by atoms with Crippen LogP contribution in [0.1, 0.15) is 0 Å². The topological polar surface area (TPSA) is 49.8 Å². The number of β-amino-alcohol motifs (C(OH)–C–C–N with tert-alkyl or cyclic N) is 1. The second kappa shape index (κ2) is 4.09. The maximum Gasteiger partial charge on any atom is 0.299 e. The van der Waals surface area contributed by atoms with Crippen molar-refractivity contribution in [1.29, 1.82) is 0 Å². The van der Waals surface area contributed by atoms with Gasteiger partial charge in [-0.3, -0.25) is 4.79 Å². The van der Waals surface area contributed by atoms with E-state index in [9.17, 15) is 9.90 Å². The molecule has 0 aromatic carbocycles. The Morgan fingerprint density at radius 2 is 2.38 bits per heavy atom. The molecule has 1 rings (SSSR count). The zero-order valence-electron chi connectivity index (χ0n) is 7.21. The molecule has 0 radical (unpaired) electrons. The van der Waals surface area contributed by atoms with E-state index in [-0.39, 0.29) is 12.5 Å². The summed E-state index contributed by atoms with van der Waals surface area (Å²) in [4.78, 5) is 14.9. The Kier molecular flexibility index (Phi) is 3.31. The number of likely N-dealkylation sites (tertiary alicyclic amines) is 1. The van der Waals surface area contributed by atoms with Crippen LogP contribution in [0.15, 0.2) is 0 Å². The van der Waals surface area contributed by atoms with Crippen molar-refractivity contribution in [3.05, 3.63) is 0 Å². The summed E-state index contributed by atoms with van der Waals surface area (Å²) in [7, 11) is 1.51. The fourth-order valence-electron chi connectivity index (χ4n) is 1.29.